The molecule has 26 heavy (non-hydrogen) atoms. The second kappa shape index (κ2) is 8.20. The molecule has 0 saturated heterocycles. The number of hydrogen-bond donors (Lipinski definition) is 1. The number of benzene rings is 2. The lowest BCUT2D eigenvalue weighted by molar-refractivity contribution is 0.0925. The standard InChI is InChI=1S/C19H23ClN2O3S/c1-13(2)18(14-8-6-5-7-9-14)21-19(23)15-10-11-16(20)17(12-15)26(24,25)22(3)4/h5-13,18H,1-4H3,(H,21,23). The summed E-state index contributed by atoms with van der Waals surface area (Å²) in [4.78, 5) is 12.6. The lowest BCUT2D eigenvalue weighted by Crippen LogP contribution is -2.32. The normalized spacial score (nSPS) is 13.0. The van der Waals surface area contributed by atoms with E-state index in [9.17, 15) is 13.2 Å². The van der Waals surface area contributed by atoms with Gasteiger partial charge in [-0.2, -0.15) is 0 Å². The summed E-state index contributed by atoms with van der Waals surface area (Å²) in [6.45, 7) is 4.03. The van der Waals surface area contributed by atoms with Gasteiger partial charge in [-0.1, -0.05) is 55.8 Å². The average Bonchev–Trinajstić information content (AvgIpc) is 2.60. The van der Waals surface area contributed by atoms with Crippen molar-refractivity contribution in [2.75, 3.05) is 14.1 Å². The molecular formula is C19H23ClN2O3S. The van der Waals surface area contributed by atoms with Gasteiger partial charge < -0.3 is 5.32 Å². The SMILES string of the molecule is CC(C)C(NC(=O)c1ccc(Cl)c(S(=O)(=O)N(C)C)c1)c1ccccc1. The maximum Gasteiger partial charge on any atom is 0.251 e. The van der Waals surface area contributed by atoms with Gasteiger partial charge in [-0.15, -0.1) is 0 Å². The molecule has 2 rings (SSSR count). The Morgan fingerprint density at radius 2 is 1.69 bits per heavy atom. The third kappa shape index (κ3) is 4.44. The van der Waals surface area contributed by atoms with Gasteiger partial charge in [-0.25, -0.2) is 12.7 Å². The summed E-state index contributed by atoms with van der Waals surface area (Å²) in [6.07, 6.45) is 0. The van der Waals surface area contributed by atoms with E-state index in [4.69, 9.17) is 11.6 Å². The summed E-state index contributed by atoms with van der Waals surface area (Å²) >= 11 is 6.04. The summed E-state index contributed by atoms with van der Waals surface area (Å²) in [5, 5.41) is 3.07. The summed E-state index contributed by atoms with van der Waals surface area (Å²) < 4.78 is 25.8. The van der Waals surface area contributed by atoms with Gasteiger partial charge >= 0.3 is 0 Å². The molecular weight excluding hydrogens is 372 g/mol. The van der Waals surface area contributed by atoms with Crippen molar-refractivity contribution >= 4 is 27.5 Å². The molecule has 0 bridgehead atoms. The van der Waals surface area contributed by atoms with Gasteiger partial charge in [0.15, 0.2) is 0 Å². The fraction of sp³-hybridized carbons (Fsp3) is 0.316. The van der Waals surface area contributed by atoms with Gasteiger partial charge in [-0.05, 0) is 29.7 Å². The number of nitrogens with zero attached hydrogens (tertiary/aromatic N) is 1. The molecule has 1 N–H and O–H groups in total. The molecule has 0 fully saturated rings. The van der Waals surface area contributed by atoms with Crippen LogP contribution in [-0.4, -0.2) is 32.7 Å². The Morgan fingerprint density at radius 3 is 2.23 bits per heavy atom. The lowest BCUT2D eigenvalue weighted by atomic mass is 9.95. The minimum absolute atomic E-state index is 0.0821. The third-order valence-corrected chi connectivity index (χ3v) is 6.36. The summed E-state index contributed by atoms with van der Waals surface area (Å²) in [7, 11) is -0.901. The molecule has 0 saturated carbocycles. The van der Waals surface area contributed by atoms with Crippen molar-refractivity contribution in [3.8, 4) is 0 Å². The van der Waals surface area contributed by atoms with Crippen LogP contribution in [0.15, 0.2) is 53.4 Å². The molecule has 0 heterocycles. The Kier molecular flexibility index (Phi) is 6.44. The van der Waals surface area contributed by atoms with Crippen LogP contribution in [0.4, 0.5) is 0 Å². The van der Waals surface area contributed by atoms with Gasteiger partial charge in [0.1, 0.15) is 4.90 Å². The van der Waals surface area contributed by atoms with Gasteiger partial charge in [-0.3, -0.25) is 4.79 Å². The van der Waals surface area contributed by atoms with Crippen molar-refractivity contribution in [3.05, 3.63) is 64.7 Å². The van der Waals surface area contributed by atoms with E-state index in [1.165, 1.54) is 32.3 Å². The second-order valence-electron chi connectivity index (χ2n) is 6.54. The summed E-state index contributed by atoms with van der Waals surface area (Å²) in [6, 6.07) is 13.7. The van der Waals surface area contributed by atoms with E-state index >= 15 is 0 Å². The van der Waals surface area contributed by atoms with E-state index in [0.29, 0.717) is 0 Å². The van der Waals surface area contributed by atoms with Crippen molar-refractivity contribution in [1.82, 2.24) is 9.62 Å². The molecule has 0 radical (unpaired) electrons. The summed E-state index contributed by atoms with van der Waals surface area (Å²) in [5.74, 6) is -0.182. The minimum atomic E-state index is -3.74. The van der Waals surface area contributed by atoms with Crippen molar-refractivity contribution < 1.29 is 13.2 Å². The molecule has 5 nitrogen and oxygen atoms in total. The number of nitrogens with one attached hydrogen (secondary N) is 1. The number of halogens is 1. The van der Waals surface area contributed by atoms with Crippen molar-refractivity contribution in [2.24, 2.45) is 5.92 Å². The van der Waals surface area contributed by atoms with Gasteiger partial charge in [0.05, 0.1) is 11.1 Å². The van der Waals surface area contributed by atoms with E-state index in [1.807, 2.05) is 44.2 Å². The molecule has 140 valence electrons. The predicted octanol–water partition coefficient (Wildman–Crippen LogP) is 3.72. The minimum Gasteiger partial charge on any atom is -0.345 e. The second-order valence-corrected chi connectivity index (χ2v) is 9.07. The van der Waals surface area contributed by atoms with Gasteiger partial charge in [0, 0.05) is 19.7 Å². The molecule has 2 aromatic carbocycles. The van der Waals surface area contributed by atoms with Crippen LogP contribution < -0.4 is 5.32 Å². The molecule has 1 unspecified atom stereocenters. The van der Waals surface area contributed by atoms with E-state index < -0.39 is 10.0 Å². The van der Waals surface area contributed by atoms with E-state index in [1.54, 1.807) is 0 Å². The van der Waals surface area contributed by atoms with Crippen molar-refractivity contribution in [2.45, 2.75) is 24.8 Å². The quantitative estimate of drug-likeness (QED) is 0.811. The Bertz CT molecular complexity index is 881. The van der Waals surface area contributed by atoms with Crippen LogP contribution in [0.1, 0.15) is 35.8 Å². The maximum atomic E-state index is 12.7. The topological polar surface area (TPSA) is 66.5 Å². The average molecular weight is 395 g/mol. The lowest BCUT2D eigenvalue weighted by Gasteiger charge is -2.23. The maximum absolute atomic E-state index is 12.7. The number of carbonyl (C=O) groups is 1. The molecule has 0 aromatic heterocycles. The highest BCUT2D eigenvalue weighted by Crippen LogP contribution is 2.26. The third-order valence-electron chi connectivity index (χ3n) is 4.06. The molecule has 0 spiro atoms. The fourth-order valence-corrected chi connectivity index (χ4v) is 3.95. The predicted molar refractivity (Wildman–Crippen MR) is 104 cm³/mol. The van der Waals surface area contributed by atoms with Crippen molar-refractivity contribution in [3.63, 3.8) is 0 Å². The monoisotopic (exact) mass is 394 g/mol. The van der Waals surface area contributed by atoms with Crippen LogP contribution >= 0.6 is 11.6 Å². The number of hydrogen-bond acceptors (Lipinski definition) is 3. The van der Waals surface area contributed by atoms with E-state index in [-0.39, 0.29) is 33.3 Å². The zero-order valence-corrected chi connectivity index (χ0v) is 16.8. The highest BCUT2D eigenvalue weighted by molar-refractivity contribution is 7.89. The highest BCUT2D eigenvalue weighted by atomic mass is 35.5. The first-order chi connectivity index (χ1) is 12.1. The number of carbonyl (C=O) groups excluding carboxylic acids is 1. The number of amides is 1. The van der Waals surface area contributed by atoms with Crippen LogP contribution in [0, 0.1) is 5.92 Å². The van der Waals surface area contributed by atoms with Crippen LogP contribution in [0.25, 0.3) is 0 Å². The van der Waals surface area contributed by atoms with Gasteiger partial charge in [0.2, 0.25) is 10.0 Å². The molecule has 2 aromatic rings. The highest BCUT2D eigenvalue weighted by Gasteiger charge is 2.24. The number of rotatable bonds is 6. The number of sulfonamides is 1. The van der Waals surface area contributed by atoms with E-state index in [0.717, 1.165) is 9.87 Å². The Labute approximate surface area is 160 Å². The molecule has 0 aliphatic carbocycles. The Morgan fingerprint density at radius 1 is 1.08 bits per heavy atom. The van der Waals surface area contributed by atoms with Crippen LogP contribution in [-0.2, 0) is 10.0 Å². The van der Waals surface area contributed by atoms with E-state index in [2.05, 4.69) is 5.32 Å². The first-order valence-electron chi connectivity index (χ1n) is 8.22. The first-order valence-corrected chi connectivity index (χ1v) is 10.0. The van der Waals surface area contributed by atoms with Crippen LogP contribution in [0.5, 0.6) is 0 Å². The molecule has 0 aliphatic rings. The molecule has 1 amide bonds. The summed E-state index contributed by atoms with van der Waals surface area (Å²) in [5.41, 5.74) is 1.24. The zero-order chi connectivity index (χ0) is 19.5. The zero-order valence-electron chi connectivity index (χ0n) is 15.2. The Balaban J connectivity index is 2.35. The van der Waals surface area contributed by atoms with Crippen LogP contribution in [0.3, 0.4) is 0 Å². The fourth-order valence-electron chi connectivity index (χ4n) is 2.56. The Hall–Kier alpha value is -1.89. The molecule has 7 heteroatoms. The largest absolute Gasteiger partial charge is 0.345 e. The first kappa shape index (κ1) is 20.4. The van der Waals surface area contributed by atoms with Gasteiger partial charge in [0.25, 0.3) is 5.91 Å². The smallest absolute Gasteiger partial charge is 0.251 e. The van der Waals surface area contributed by atoms with Crippen molar-refractivity contribution in [1.29, 1.82) is 0 Å². The van der Waals surface area contributed by atoms with Crippen LogP contribution in [0.2, 0.25) is 5.02 Å². The molecule has 0 aliphatic heterocycles. The molecule has 1 atom stereocenters.